The van der Waals surface area contributed by atoms with Crippen molar-refractivity contribution in [3.05, 3.63) is 5.82 Å². The van der Waals surface area contributed by atoms with E-state index in [1.807, 2.05) is 6.26 Å². The maximum atomic E-state index is 5.49. The highest BCUT2D eigenvalue weighted by atomic mass is 32.2. The Balaban J connectivity index is 2.90. The van der Waals surface area contributed by atoms with Crippen LogP contribution in [-0.4, -0.2) is 21.2 Å². The van der Waals surface area contributed by atoms with Crippen LogP contribution in [0.5, 0.6) is 0 Å². The van der Waals surface area contributed by atoms with Gasteiger partial charge in [-0.1, -0.05) is 18.7 Å². The lowest BCUT2D eigenvalue weighted by Crippen LogP contribution is -2.03. The molecule has 0 spiro atoms. The molecule has 0 amide bonds. The summed E-state index contributed by atoms with van der Waals surface area (Å²) in [4.78, 5) is 12.2. The molecule has 0 unspecified atom stereocenters. The Morgan fingerprint density at radius 2 is 2.08 bits per heavy atom. The fraction of sp³-hybridized carbons (Fsp3) is 0.571. The zero-order valence-electron chi connectivity index (χ0n) is 7.24. The molecular weight excluding hydrogens is 172 g/mol. The SMILES string of the molecule is CCCc1nc(N)nc(SC)n1. The van der Waals surface area contributed by atoms with E-state index in [-0.39, 0.29) is 0 Å². The molecule has 5 heteroatoms. The fourth-order valence-electron chi connectivity index (χ4n) is 0.842. The predicted molar refractivity (Wildman–Crippen MR) is 50.0 cm³/mol. The van der Waals surface area contributed by atoms with Crippen LogP contribution < -0.4 is 5.73 Å². The average molecular weight is 184 g/mol. The molecule has 4 nitrogen and oxygen atoms in total. The summed E-state index contributed by atoms with van der Waals surface area (Å²) in [5.74, 6) is 1.10. The van der Waals surface area contributed by atoms with Crippen LogP contribution >= 0.6 is 11.8 Å². The van der Waals surface area contributed by atoms with Crippen LogP contribution in [0, 0.1) is 0 Å². The van der Waals surface area contributed by atoms with Crippen molar-refractivity contribution in [1.29, 1.82) is 0 Å². The second kappa shape index (κ2) is 4.25. The summed E-state index contributed by atoms with van der Waals surface area (Å²) < 4.78 is 0. The third-order valence-corrected chi connectivity index (χ3v) is 1.88. The van der Waals surface area contributed by atoms with Gasteiger partial charge in [0.05, 0.1) is 0 Å². The van der Waals surface area contributed by atoms with Crippen LogP contribution in [0.3, 0.4) is 0 Å². The Kier molecular flexibility index (Phi) is 3.28. The van der Waals surface area contributed by atoms with E-state index in [0.717, 1.165) is 18.7 Å². The van der Waals surface area contributed by atoms with E-state index >= 15 is 0 Å². The van der Waals surface area contributed by atoms with Crippen molar-refractivity contribution in [3.63, 3.8) is 0 Å². The predicted octanol–water partition coefficient (Wildman–Crippen LogP) is 1.13. The Labute approximate surface area is 76.0 Å². The highest BCUT2D eigenvalue weighted by Gasteiger charge is 2.01. The van der Waals surface area contributed by atoms with E-state index in [2.05, 4.69) is 21.9 Å². The first-order valence-electron chi connectivity index (χ1n) is 3.80. The number of nitrogens with zero attached hydrogens (tertiary/aromatic N) is 3. The van der Waals surface area contributed by atoms with Crippen LogP contribution in [0.15, 0.2) is 5.16 Å². The van der Waals surface area contributed by atoms with Crippen molar-refractivity contribution >= 4 is 17.7 Å². The third-order valence-electron chi connectivity index (χ3n) is 1.33. The van der Waals surface area contributed by atoms with Crippen molar-refractivity contribution in [1.82, 2.24) is 15.0 Å². The van der Waals surface area contributed by atoms with Gasteiger partial charge in [0.25, 0.3) is 0 Å². The van der Waals surface area contributed by atoms with Crippen LogP contribution in [0.25, 0.3) is 0 Å². The highest BCUT2D eigenvalue weighted by Crippen LogP contribution is 2.09. The zero-order chi connectivity index (χ0) is 8.97. The number of anilines is 1. The lowest BCUT2D eigenvalue weighted by Gasteiger charge is -2.00. The van der Waals surface area contributed by atoms with Crippen molar-refractivity contribution in [2.24, 2.45) is 0 Å². The van der Waals surface area contributed by atoms with Gasteiger partial charge >= 0.3 is 0 Å². The Hall–Kier alpha value is -0.840. The quantitative estimate of drug-likeness (QED) is 0.713. The molecule has 0 aliphatic heterocycles. The second-order valence-electron chi connectivity index (χ2n) is 2.35. The number of nitrogens with two attached hydrogens (primary N) is 1. The van der Waals surface area contributed by atoms with Gasteiger partial charge in [0.15, 0.2) is 5.16 Å². The fourth-order valence-corrected chi connectivity index (χ4v) is 1.22. The first-order chi connectivity index (χ1) is 5.76. The monoisotopic (exact) mass is 184 g/mol. The summed E-state index contributed by atoms with van der Waals surface area (Å²) in [5.41, 5.74) is 5.49. The van der Waals surface area contributed by atoms with Gasteiger partial charge in [0.2, 0.25) is 5.95 Å². The first kappa shape index (κ1) is 9.25. The molecule has 0 aliphatic carbocycles. The van der Waals surface area contributed by atoms with Gasteiger partial charge in [-0.25, -0.2) is 4.98 Å². The molecule has 0 bridgehead atoms. The van der Waals surface area contributed by atoms with Gasteiger partial charge in [-0.05, 0) is 12.7 Å². The maximum absolute atomic E-state index is 5.49. The molecule has 0 saturated carbocycles. The molecule has 12 heavy (non-hydrogen) atoms. The van der Waals surface area contributed by atoms with Gasteiger partial charge in [-0.3, -0.25) is 0 Å². The summed E-state index contributed by atoms with van der Waals surface area (Å²) >= 11 is 1.48. The highest BCUT2D eigenvalue weighted by molar-refractivity contribution is 7.98. The van der Waals surface area contributed by atoms with Gasteiger partial charge in [0.1, 0.15) is 5.82 Å². The summed E-state index contributed by atoms with van der Waals surface area (Å²) in [5, 5.41) is 0.700. The lowest BCUT2D eigenvalue weighted by molar-refractivity contribution is 0.777. The lowest BCUT2D eigenvalue weighted by atomic mass is 10.3. The van der Waals surface area contributed by atoms with Crippen molar-refractivity contribution in [3.8, 4) is 0 Å². The molecular formula is C7H12N4S. The van der Waals surface area contributed by atoms with Gasteiger partial charge in [-0.2, -0.15) is 9.97 Å². The second-order valence-corrected chi connectivity index (χ2v) is 3.12. The maximum Gasteiger partial charge on any atom is 0.224 e. The van der Waals surface area contributed by atoms with Gasteiger partial charge in [-0.15, -0.1) is 0 Å². The van der Waals surface area contributed by atoms with E-state index in [9.17, 15) is 0 Å². The molecule has 0 saturated heterocycles. The standard InChI is InChI=1S/C7H12N4S/c1-3-4-5-9-6(8)11-7(10-5)12-2/h3-4H2,1-2H3,(H2,8,9,10,11). The minimum Gasteiger partial charge on any atom is -0.368 e. The van der Waals surface area contributed by atoms with Crippen LogP contribution in [0.2, 0.25) is 0 Å². The number of aryl methyl sites for hydroxylation is 1. The van der Waals surface area contributed by atoms with Crippen LogP contribution in [0.1, 0.15) is 19.2 Å². The largest absolute Gasteiger partial charge is 0.368 e. The number of nitrogen functional groups attached to an aromatic ring is 1. The molecule has 0 aliphatic rings. The number of rotatable bonds is 3. The topological polar surface area (TPSA) is 64.7 Å². The summed E-state index contributed by atoms with van der Waals surface area (Å²) in [7, 11) is 0. The smallest absolute Gasteiger partial charge is 0.224 e. The molecule has 1 aromatic rings. The van der Waals surface area contributed by atoms with Crippen LogP contribution in [0.4, 0.5) is 5.95 Å². The summed E-state index contributed by atoms with van der Waals surface area (Å²) in [6.45, 7) is 2.08. The molecule has 1 aromatic heterocycles. The van der Waals surface area contributed by atoms with E-state index < -0.39 is 0 Å². The average Bonchev–Trinajstić information content (AvgIpc) is 2.04. The molecule has 0 radical (unpaired) electrons. The molecule has 0 atom stereocenters. The normalized spacial score (nSPS) is 10.2. The van der Waals surface area contributed by atoms with E-state index in [4.69, 9.17) is 5.73 Å². The zero-order valence-corrected chi connectivity index (χ0v) is 8.06. The molecule has 1 heterocycles. The van der Waals surface area contributed by atoms with Crippen LogP contribution in [-0.2, 0) is 6.42 Å². The number of hydrogen-bond acceptors (Lipinski definition) is 5. The summed E-state index contributed by atoms with van der Waals surface area (Å²) in [6, 6.07) is 0. The molecule has 2 N–H and O–H groups in total. The Morgan fingerprint density at radius 3 is 2.67 bits per heavy atom. The Bertz CT molecular complexity index is 264. The Morgan fingerprint density at radius 1 is 1.33 bits per heavy atom. The van der Waals surface area contributed by atoms with E-state index in [0.29, 0.717) is 11.1 Å². The minimum absolute atomic E-state index is 0.317. The molecule has 0 fully saturated rings. The molecule has 66 valence electrons. The van der Waals surface area contributed by atoms with Gasteiger partial charge in [0, 0.05) is 6.42 Å². The van der Waals surface area contributed by atoms with Crippen molar-refractivity contribution in [2.45, 2.75) is 24.9 Å². The van der Waals surface area contributed by atoms with Gasteiger partial charge < -0.3 is 5.73 Å². The number of aromatic nitrogens is 3. The molecule has 0 aromatic carbocycles. The molecule has 1 rings (SSSR count). The van der Waals surface area contributed by atoms with E-state index in [1.54, 1.807) is 0 Å². The van der Waals surface area contributed by atoms with Crippen molar-refractivity contribution in [2.75, 3.05) is 12.0 Å². The number of thioether (sulfide) groups is 1. The van der Waals surface area contributed by atoms with E-state index in [1.165, 1.54) is 11.8 Å². The first-order valence-corrected chi connectivity index (χ1v) is 5.03. The summed E-state index contributed by atoms with van der Waals surface area (Å²) in [6.07, 6.45) is 3.81. The number of hydrogen-bond donors (Lipinski definition) is 1. The third kappa shape index (κ3) is 2.34. The minimum atomic E-state index is 0.317. The van der Waals surface area contributed by atoms with Crippen molar-refractivity contribution < 1.29 is 0 Å².